The number of aromatic carboxylic acids is 1. The van der Waals surface area contributed by atoms with Crippen molar-refractivity contribution in [3.63, 3.8) is 0 Å². The van der Waals surface area contributed by atoms with Crippen molar-refractivity contribution in [2.45, 2.75) is 4.90 Å². The van der Waals surface area contributed by atoms with Crippen molar-refractivity contribution < 1.29 is 23.4 Å². The third-order valence-electron chi connectivity index (χ3n) is 2.64. The highest BCUT2D eigenvalue weighted by atomic mass is 32.2. The van der Waals surface area contributed by atoms with Crippen LogP contribution in [0.3, 0.4) is 0 Å². The minimum absolute atomic E-state index is 0.0932. The van der Waals surface area contributed by atoms with Gasteiger partial charge in [0.1, 0.15) is 10.6 Å². The maximum atomic E-state index is 12.2. The zero-order valence-corrected chi connectivity index (χ0v) is 11.5. The number of nitrogens with one attached hydrogen (secondary N) is 1. The van der Waals surface area contributed by atoms with Crippen LogP contribution in [-0.4, -0.2) is 24.6 Å². The highest BCUT2D eigenvalue weighted by Gasteiger charge is 2.19. The van der Waals surface area contributed by atoms with Crippen molar-refractivity contribution in [1.29, 1.82) is 0 Å². The molecule has 0 aliphatic carbocycles. The first-order valence-corrected chi connectivity index (χ1v) is 7.22. The predicted molar refractivity (Wildman–Crippen MR) is 76.7 cm³/mol. The Morgan fingerprint density at radius 3 is 2.43 bits per heavy atom. The second kappa shape index (κ2) is 5.33. The monoisotopic (exact) mass is 308 g/mol. The molecule has 0 aromatic heterocycles. The first-order valence-electron chi connectivity index (χ1n) is 5.74. The summed E-state index contributed by atoms with van der Waals surface area (Å²) in [5.74, 6) is -1.30. The number of carboxylic acids is 1. The van der Waals surface area contributed by atoms with Crippen molar-refractivity contribution in [3.05, 3.63) is 48.0 Å². The molecule has 5 N–H and O–H groups in total. The lowest BCUT2D eigenvalue weighted by atomic mass is 10.2. The van der Waals surface area contributed by atoms with E-state index in [1.54, 1.807) is 0 Å². The summed E-state index contributed by atoms with van der Waals surface area (Å²) >= 11 is 0. The zero-order valence-electron chi connectivity index (χ0n) is 10.6. The van der Waals surface area contributed by atoms with Gasteiger partial charge in [-0.2, -0.15) is 0 Å². The number of anilines is 2. The van der Waals surface area contributed by atoms with Crippen LogP contribution in [0.5, 0.6) is 5.75 Å². The summed E-state index contributed by atoms with van der Waals surface area (Å²) in [6.45, 7) is 0. The Kier molecular flexibility index (Phi) is 3.72. The topological polar surface area (TPSA) is 130 Å². The fourth-order valence-corrected chi connectivity index (χ4v) is 2.87. The fourth-order valence-electron chi connectivity index (χ4n) is 1.71. The Bertz CT molecular complexity index is 802. The van der Waals surface area contributed by atoms with E-state index in [9.17, 15) is 18.3 Å². The van der Waals surface area contributed by atoms with Crippen LogP contribution in [0, 0.1) is 0 Å². The normalized spacial score (nSPS) is 11.0. The van der Waals surface area contributed by atoms with Crippen molar-refractivity contribution in [1.82, 2.24) is 0 Å². The smallest absolute Gasteiger partial charge is 0.335 e. The van der Waals surface area contributed by atoms with E-state index in [-0.39, 0.29) is 27.6 Å². The molecule has 0 fully saturated rings. The highest BCUT2D eigenvalue weighted by Crippen LogP contribution is 2.24. The van der Waals surface area contributed by atoms with Crippen molar-refractivity contribution in [2.75, 3.05) is 10.5 Å². The fraction of sp³-hybridized carbons (Fsp3) is 0. The molecule has 110 valence electrons. The van der Waals surface area contributed by atoms with E-state index in [0.29, 0.717) is 0 Å². The standard InChI is InChI=1S/C13H12N2O5S/c14-11-6-8(13(17)18)4-5-12(11)21(19,20)15-9-2-1-3-10(16)7-9/h1-7,15-16H,14H2,(H,17,18). The average Bonchev–Trinajstić information content (AvgIpc) is 2.37. The average molecular weight is 308 g/mol. The lowest BCUT2D eigenvalue weighted by Crippen LogP contribution is -2.15. The number of rotatable bonds is 4. The van der Waals surface area contributed by atoms with Crippen molar-refractivity contribution in [2.24, 2.45) is 0 Å². The number of carboxylic acid groups (broad SMARTS) is 1. The van der Waals surface area contributed by atoms with Crippen LogP contribution in [0.25, 0.3) is 0 Å². The molecule has 0 spiro atoms. The molecule has 2 aromatic rings. The molecule has 0 radical (unpaired) electrons. The predicted octanol–water partition coefficient (Wildman–Crippen LogP) is 1.47. The van der Waals surface area contributed by atoms with E-state index in [0.717, 1.165) is 18.2 Å². The second-order valence-electron chi connectivity index (χ2n) is 4.21. The number of phenolic OH excluding ortho intramolecular Hbond substituents is 1. The number of hydrogen-bond acceptors (Lipinski definition) is 5. The van der Waals surface area contributed by atoms with Gasteiger partial charge in [-0.1, -0.05) is 6.07 Å². The minimum Gasteiger partial charge on any atom is -0.508 e. The Morgan fingerprint density at radius 1 is 1.14 bits per heavy atom. The van der Waals surface area contributed by atoms with E-state index in [2.05, 4.69) is 4.72 Å². The Balaban J connectivity index is 2.38. The van der Waals surface area contributed by atoms with E-state index in [1.165, 1.54) is 24.3 Å². The SMILES string of the molecule is Nc1cc(C(=O)O)ccc1S(=O)(=O)Nc1cccc(O)c1. The van der Waals surface area contributed by atoms with Gasteiger partial charge in [0.05, 0.1) is 16.9 Å². The Labute approximate surface area is 120 Å². The van der Waals surface area contributed by atoms with Crippen molar-refractivity contribution in [3.8, 4) is 5.75 Å². The number of hydrogen-bond donors (Lipinski definition) is 4. The summed E-state index contributed by atoms with van der Waals surface area (Å²) in [4.78, 5) is 10.6. The molecule has 0 aliphatic heterocycles. The number of nitrogen functional groups attached to an aromatic ring is 1. The summed E-state index contributed by atoms with van der Waals surface area (Å²) in [6, 6.07) is 8.90. The number of phenols is 1. The van der Waals surface area contributed by atoms with Gasteiger partial charge < -0.3 is 15.9 Å². The van der Waals surface area contributed by atoms with Crippen LogP contribution in [-0.2, 0) is 10.0 Å². The number of nitrogens with two attached hydrogens (primary N) is 1. The van der Waals surface area contributed by atoms with E-state index < -0.39 is 16.0 Å². The van der Waals surface area contributed by atoms with Gasteiger partial charge in [0.25, 0.3) is 10.0 Å². The molecule has 0 saturated carbocycles. The summed E-state index contributed by atoms with van der Waals surface area (Å²) in [5.41, 5.74) is 5.47. The molecular formula is C13H12N2O5S. The number of aromatic hydroxyl groups is 1. The molecule has 0 saturated heterocycles. The number of sulfonamides is 1. The maximum Gasteiger partial charge on any atom is 0.335 e. The van der Waals surface area contributed by atoms with Gasteiger partial charge in [-0.3, -0.25) is 4.72 Å². The third-order valence-corrected chi connectivity index (χ3v) is 4.10. The van der Waals surface area contributed by atoms with Gasteiger partial charge in [0.15, 0.2) is 0 Å². The van der Waals surface area contributed by atoms with E-state index in [4.69, 9.17) is 10.8 Å². The van der Waals surface area contributed by atoms with Crippen LogP contribution < -0.4 is 10.5 Å². The molecule has 0 aliphatic rings. The van der Waals surface area contributed by atoms with Gasteiger partial charge >= 0.3 is 5.97 Å². The largest absolute Gasteiger partial charge is 0.508 e. The molecule has 0 bridgehead atoms. The molecule has 0 heterocycles. The van der Waals surface area contributed by atoms with Crippen LogP contribution >= 0.6 is 0 Å². The zero-order chi connectivity index (χ0) is 15.6. The summed E-state index contributed by atoms with van der Waals surface area (Å²) in [5, 5.41) is 18.1. The molecule has 0 atom stereocenters. The second-order valence-corrected chi connectivity index (χ2v) is 5.86. The van der Waals surface area contributed by atoms with Gasteiger partial charge in [-0.05, 0) is 30.3 Å². The maximum absolute atomic E-state index is 12.2. The van der Waals surface area contributed by atoms with Gasteiger partial charge in [0.2, 0.25) is 0 Å². The Morgan fingerprint density at radius 2 is 1.86 bits per heavy atom. The van der Waals surface area contributed by atoms with E-state index >= 15 is 0 Å². The molecule has 21 heavy (non-hydrogen) atoms. The van der Waals surface area contributed by atoms with Gasteiger partial charge in [-0.15, -0.1) is 0 Å². The first kappa shape index (κ1) is 14.7. The quantitative estimate of drug-likeness (QED) is 0.633. The van der Waals surface area contributed by atoms with Gasteiger partial charge in [-0.25, -0.2) is 13.2 Å². The molecule has 0 unspecified atom stereocenters. The molecule has 2 rings (SSSR count). The Hall–Kier alpha value is -2.74. The summed E-state index contributed by atoms with van der Waals surface area (Å²) in [6.07, 6.45) is 0. The molecule has 2 aromatic carbocycles. The molecule has 7 nitrogen and oxygen atoms in total. The molecular weight excluding hydrogens is 296 g/mol. The summed E-state index contributed by atoms with van der Waals surface area (Å²) < 4.78 is 26.6. The summed E-state index contributed by atoms with van der Waals surface area (Å²) in [7, 11) is -3.98. The van der Waals surface area contributed by atoms with Gasteiger partial charge in [0, 0.05) is 6.07 Å². The van der Waals surface area contributed by atoms with Crippen LogP contribution in [0.15, 0.2) is 47.4 Å². The van der Waals surface area contributed by atoms with Crippen molar-refractivity contribution >= 4 is 27.4 Å². The molecule has 8 heteroatoms. The molecule has 0 amide bonds. The number of benzene rings is 2. The van der Waals surface area contributed by atoms with Crippen LogP contribution in [0.1, 0.15) is 10.4 Å². The lowest BCUT2D eigenvalue weighted by Gasteiger charge is -2.10. The lowest BCUT2D eigenvalue weighted by molar-refractivity contribution is 0.0697. The van der Waals surface area contributed by atoms with Crippen LogP contribution in [0.4, 0.5) is 11.4 Å². The van der Waals surface area contributed by atoms with Crippen LogP contribution in [0.2, 0.25) is 0 Å². The minimum atomic E-state index is -3.98. The van der Waals surface area contributed by atoms with E-state index in [1.807, 2.05) is 0 Å². The highest BCUT2D eigenvalue weighted by molar-refractivity contribution is 7.92. The first-order chi connectivity index (χ1) is 9.79. The third kappa shape index (κ3) is 3.23. The number of carbonyl (C=O) groups is 1.